The maximum atomic E-state index is 6.41. The Morgan fingerprint density at radius 3 is 1.89 bits per heavy atom. The van der Waals surface area contributed by atoms with E-state index in [0.717, 1.165) is 39.0 Å². The van der Waals surface area contributed by atoms with E-state index in [1.54, 1.807) is 0 Å². The highest BCUT2D eigenvalue weighted by Gasteiger charge is 2.20. The minimum absolute atomic E-state index is 0.873. The van der Waals surface area contributed by atoms with Crippen molar-refractivity contribution in [3.8, 4) is 22.3 Å². The number of hydrogen-bond acceptors (Lipinski definition) is 2. The van der Waals surface area contributed by atoms with Crippen molar-refractivity contribution in [2.75, 3.05) is 4.90 Å². The Bertz CT molecular complexity index is 2540. The first-order chi connectivity index (χ1) is 22.8. The van der Waals surface area contributed by atoms with Crippen LogP contribution in [0.25, 0.3) is 65.7 Å². The van der Waals surface area contributed by atoms with Gasteiger partial charge in [-0.1, -0.05) is 127 Å². The molecular weight excluding hydrogens is 558 g/mol. The standard InChI is InChI=1S/C44H29NO/c1-2-12-30(13-3-1)32-17-10-18-35(27-32)45(36-24-25-41-40-21-8-9-23-43(40)46-44(41)29-36)42-28-34(26-33-15-5-7-20-39(33)42)38-22-11-16-31-14-4-6-19-37(31)38/h1-29H. The molecule has 2 nitrogen and oxygen atoms in total. The molecule has 0 N–H and O–H groups in total. The fourth-order valence-electron chi connectivity index (χ4n) is 6.84. The first-order valence-electron chi connectivity index (χ1n) is 15.7. The highest BCUT2D eigenvalue weighted by Crippen LogP contribution is 2.44. The molecule has 0 aliphatic rings. The number of para-hydroxylation sites is 1. The Hall–Kier alpha value is -6.12. The van der Waals surface area contributed by atoms with Crippen LogP contribution in [0.15, 0.2) is 180 Å². The van der Waals surface area contributed by atoms with Gasteiger partial charge < -0.3 is 9.32 Å². The van der Waals surface area contributed by atoms with Crippen molar-refractivity contribution in [2.45, 2.75) is 0 Å². The average molecular weight is 588 g/mol. The van der Waals surface area contributed by atoms with Crippen LogP contribution in [0.2, 0.25) is 0 Å². The molecule has 0 saturated heterocycles. The zero-order valence-corrected chi connectivity index (χ0v) is 25.1. The molecule has 0 spiro atoms. The monoisotopic (exact) mass is 587 g/mol. The highest BCUT2D eigenvalue weighted by atomic mass is 16.3. The van der Waals surface area contributed by atoms with Crippen molar-refractivity contribution in [1.29, 1.82) is 0 Å². The van der Waals surface area contributed by atoms with E-state index in [4.69, 9.17) is 4.42 Å². The molecule has 0 unspecified atom stereocenters. The summed E-state index contributed by atoms with van der Waals surface area (Å²) in [4.78, 5) is 2.38. The quantitative estimate of drug-likeness (QED) is 0.199. The Morgan fingerprint density at radius 1 is 0.348 bits per heavy atom. The summed E-state index contributed by atoms with van der Waals surface area (Å²) in [7, 11) is 0. The molecule has 0 bridgehead atoms. The smallest absolute Gasteiger partial charge is 0.137 e. The minimum atomic E-state index is 0.873. The third-order valence-corrected chi connectivity index (χ3v) is 9.01. The van der Waals surface area contributed by atoms with Gasteiger partial charge in [-0.05, 0) is 80.9 Å². The molecule has 0 saturated carbocycles. The zero-order valence-electron chi connectivity index (χ0n) is 25.1. The van der Waals surface area contributed by atoms with Crippen LogP contribution in [-0.4, -0.2) is 0 Å². The lowest BCUT2D eigenvalue weighted by Gasteiger charge is -2.28. The molecule has 0 atom stereocenters. The Morgan fingerprint density at radius 2 is 1.00 bits per heavy atom. The molecule has 0 aliphatic carbocycles. The van der Waals surface area contributed by atoms with E-state index in [1.807, 2.05) is 12.1 Å². The normalized spacial score (nSPS) is 11.5. The predicted octanol–water partition coefficient (Wildman–Crippen LogP) is 12.7. The summed E-state index contributed by atoms with van der Waals surface area (Å²) in [6, 6.07) is 62.9. The van der Waals surface area contributed by atoms with Crippen LogP contribution >= 0.6 is 0 Å². The lowest BCUT2D eigenvalue weighted by atomic mass is 9.94. The topological polar surface area (TPSA) is 16.4 Å². The van der Waals surface area contributed by atoms with Crippen LogP contribution in [0.5, 0.6) is 0 Å². The molecule has 46 heavy (non-hydrogen) atoms. The maximum absolute atomic E-state index is 6.41. The number of nitrogens with zero attached hydrogens (tertiary/aromatic N) is 1. The van der Waals surface area contributed by atoms with Gasteiger partial charge in [-0.15, -0.1) is 0 Å². The number of benzene rings is 8. The number of hydrogen-bond donors (Lipinski definition) is 0. The molecular formula is C44H29NO. The number of furan rings is 1. The molecule has 216 valence electrons. The first kappa shape index (κ1) is 26.3. The lowest BCUT2D eigenvalue weighted by Crippen LogP contribution is -2.11. The molecule has 0 amide bonds. The third kappa shape index (κ3) is 4.43. The van der Waals surface area contributed by atoms with E-state index in [-0.39, 0.29) is 0 Å². The molecule has 9 rings (SSSR count). The SMILES string of the molecule is c1ccc(-c2cccc(N(c3ccc4c(c3)oc3ccccc34)c3cc(-c4cccc5ccccc45)cc4ccccc34)c2)cc1. The second-order valence-corrected chi connectivity index (χ2v) is 11.8. The molecule has 2 heteroatoms. The summed E-state index contributed by atoms with van der Waals surface area (Å²) in [6.07, 6.45) is 0. The van der Waals surface area contributed by atoms with Crippen molar-refractivity contribution in [1.82, 2.24) is 0 Å². The summed E-state index contributed by atoms with van der Waals surface area (Å²) >= 11 is 0. The summed E-state index contributed by atoms with van der Waals surface area (Å²) < 4.78 is 6.41. The van der Waals surface area contributed by atoms with Crippen molar-refractivity contribution < 1.29 is 4.42 Å². The highest BCUT2D eigenvalue weighted by molar-refractivity contribution is 6.08. The van der Waals surface area contributed by atoms with E-state index < -0.39 is 0 Å². The predicted molar refractivity (Wildman–Crippen MR) is 194 cm³/mol. The van der Waals surface area contributed by atoms with Gasteiger partial charge in [0.15, 0.2) is 0 Å². The molecule has 1 heterocycles. The molecule has 0 aliphatic heterocycles. The number of fused-ring (bicyclic) bond motifs is 5. The van der Waals surface area contributed by atoms with E-state index in [0.29, 0.717) is 0 Å². The Labute approximate surface area is 267 Å². The van der Waals surface area contributed by atoms with Crippen LogP contribution < -0.4 is 4.90 Å². The molecule has 8 aromatic carbocycles. The van der Waals surface area contributed by atoms with Gasteiger partial charge >= 0.3 is 0 Å². The second kappa shape index (κ2) is 10.8. The van der Waals surface area contributed by atoms with Gasteiger partial charge in [-0.2, -0.15) is 0 Å². The van der Waals surface area contributed by atoms with Crippen molar-refractivity contribution in [2.24, 2.45) is 0 Å². The summed E-state index contributed by atoms with van der Waals surface area (Å²) in [6.45, 7) is 0. The van der Waals surface area contributed by atoms with Gasteiger partial charge in [-0.25, -0.2) is 0 Å². The Kier molecular flexibility index (Phi) is 6.17. The summed E-state index contributed by atoms with van der Waals surface area (Å²) in [5.74, 6) is 0. The van der Waals surface area contributed by atoms with E-state index in [1.165, 1.54) is 43.8 Å². The van der Waals surface area contributed by atoms with Crippen LogP contribution in [0, 0.1) is 0 Å². The van der Waals surface area contributed by atoms with Crippen molar-refractivity contribution in [3.63, 3.8) is 0 Å². The second-order valence-electron chi connectivity index (χ2n) is 11.8. The van der Waals surface area contributed by atoms with E-state index in [9.17, 15) is 0 Å². The molecule has 0 fully saturated rings. The van der Waals surface area contributed by atoms with E-state index in [2.05, 4.69) is 169 Å². The largest absolute Gasteiger partial charge is 0.456 e. The molecule has 0 radical (unpaired) electrons. The van der Waals surface area contributed by atoms with Gasteiger partial charge in [0, 0.05) is 33.6 Å². The van der Waals surface area contributed by atoms with Gasteiger partial charge in [0.2, 0.25) is 0 Å². The average Bonchev–Trinajstić information content (AvgIpc) is 3.50. The first-order valence-corrected chi connectivity index (χ1v) is 15.7. The van der Waals surface area contributed by atoms with Gasteiger partial charge in [0.25, 0.3) is 0 Å². The van der Waals surface area contributed by atoms with Crippen LogP contribution in [0.3, 0.4) is 0 Å². The van der Waals surface area contributed by atoms with Crippen molar-refractivity contribution in [3.05, 3.63) is 176 Å². The zero-order chi connectivity index (χ0) is 30.5. The molecule has 9 aromatic rings. The minimum Gasteiger partial charge on any atom is -0.456 e. The summed E-state index contributed by atoms with van der Waals surface area (Å²) in [5, 5.41) is 7.10. The van der Waals surface area contributed by atoms with Gasteiger partial charge in [0.1, 0.15) is 11.2 Å². The third-order valence-electron chi connectivity index (χ3n) is 9.01. The van der Waals surface area contributed by atoms with E-state index >= 15 is 0 Å². The molecule has 1 aromatic heterocycles. The summed E-state index contributed by atoms with van der Waals surface area (Å²) in [5.41, 5.74) is 9.76. The van der Waals surface area contributed by atoms with Crippen LogP contribution in [-0.2, 0) is 0 Å². The van der Waals surface area contributed by atoms with Crippen molar-refractivity contribution >= 4 is 60.5 Å². The van der Waals surface area contributed by atoms with Crippen LogP contribution in [0.1, 0.15) is 0 Å². The van der Waals surface area contributed by atoms with Gasteiger partial charge in [-0.3, -0.25) is 0 Å². The number of anilines is 3. The fraction of sp³-hybridized carbons (Fsp3) is 0. The van der Waals surface area contributed by atoms with Gasteiger partial charge in [0.05, 0.1) is 5.69 Å². The maximum Gasteiger partial charge on any atom is 0.137 e. The fourth-order valence-corrected chi connectivity index (χ4v) is 6.84. The van der Waals surface area contributed by atoms with Crippen LogP contribution in [0.4, 0.5) is 17.1 Å². The lowest BCUT2D eigenvalue weighted by molar-refractivity contribution is 0.669. The number of rotatable bonds is 5. The Balaban J connectivity index is 1.33.